The number of carbonyl (C=O) groups excluding carboxylic acids is 3. The van der Waals surface area contributed by atoms with E-state index in [-0.39, 0.29) is 34.9 Å². The highest BCUT2D eigenvalue weighted by Crippen LogP contribution is 2.21. The number of hydrogen-bond acceptors (Lipinski definition) is 4. The monoisotopic (exact) mass is 457 g/mol. The average molecular weight is 459 g/mol. The van der Waals surface area contributed by atoms with Crippen LogP contribution in [-0.2, 0) is 4.79 Å². The van der Waals surface area contributed by atoms with Gasteiger partial charge >= 0.3 is 0 Å². The fraction of sp³-hybridized carbons (Fsp3) is 0.118. The summed E-state index contributed by atoms with van der Waals surface area (Å²) in [6.45, 7) is -0.0358. The summed E-state index contributed by atoms with van der Waals surface area (Å²) in [6.07, 6.45) is -0.138. The first kappa shape index (κ1) is 20.7. The van der Waals surface area contributed by atoms with Gasteiger partial charge in [-0.1, -0.05) is 11.6 Å². The standard InChI is InChI=1S/C17H14BrClFN3O4/c18-13-3-2-10(20)8-11(13)16(26)21-6-5-15(25)22-23-17(27)12-7-9(19)1-4-14(12)24/h1-4,7-8,24H,5-6H2,(H,21,26)(H,22,25)(H,23,27). The summed E-state index contributed by atoms with van der Waals surface area (Å²) < 4.78 is 13.6. The van der Waals surface area contributed by atoms with Crippen LogP contribution in [0.25, 0.3) is 0 Å². The van der Waals surface area contributed by atoms with E-state index in [4.69, 9.17) is 11.6 Å². The first-order valence-electron chi connectivity index (χ1n) is 7.59. The Bertz CT molecular complexity index is 894. The van der Waals surface area contributed by atoms with Crippen molar-refractivity contribution in [3.63, 3.8) is 0 Å². The maximum Gasteiger partial charge on any atom is 0.273 e. The highest BCUT2D eigenvalue weighted by molar-refractivity contribution is 9.10. The van der Waals surface area contributed by atoms with Crippen LogP contribution < -0.4 is 16.2 Å². The zero-order valence-electron chi connectivity index (χ0n) is 13.7. The summed E-state index contributed by atoms with van der Waals surface area (Å²) in [5, 5.41) is 12.3. The van der Waals surface area contributed by atoms with Crippen molar-refractivity contribution in [3.8, 4) is 5.75 Å². The van der Waals surface area contributed by atoms with Crippen LogP contribution >= 0.6 is 27.5 Å². The van der Waals surface area contributed by atoms with E-state index in [0.717, 1.165) is 6.07 Å². The Balaban J connectivity index is 1.79. The van der Waals surface area contributed by atoms with Crippen LogP contribution in [0.4, 0.5) is 4.39 Å². The molecule has 0 saturated carbocycles. The Morgan fingerprint density at radius 2 is 1.78 bits per heavy atom. The van der Waals surface area contributed by atoms with Crippen LogP contribution in [-0.4, -0.2) is 29.4 Å². The number of carbonyl (C=O) groups is 3. The lowest BCUT2D eigenvalue weighted by Gasteiger charge is -2.10. The predicted molar refractivity (Wildman–Crippen MR) is 99.8 cm³/mol. The summed E-state index contributed by atoms with van der Waals surface area (Å²) in [5.41, 5.74) is 4.27. The number of amides is 3. The quantitative estimate of drug-likeness (QED) is 0.517. The molecule has 0 fully saturated rings. The Hall–Kier alpha value is -2.65. The van der Waals surface area contributed by atoms with Gasteiger partial charge in [0.05, 0.1) is 11.1 Å². The van der Waals surface area contributed by atoms with E-state index < -0.39 is 23.5 Å². The van der Waals surface area contributed by atoms with Crippen LogP contribution in [0.5, 0.6) is 5.75 Å². The van der Waals surface area contributed by atoms with Crippen molar-refractivity contribution < 1.29 is 23.9 Å². The molecule has 0 atom stereocenters. The molecule has 0 bridgehead atoms. The Kier molecular flexibility index (Phi) is 7.14. The Morgan fingerprint density at radius 3 is 2.52 bits per heavy atom. The number of halogens is 3. The predicted octanol–water partition coefficient (Wildman–Crippen LogP) is 2.53. The van der Waals surface area contributed by atoms with Crippen LogP contribution in [0.15, 0.2) is 40.9 Å². The zero-order valence-corrected chi connectivity index (χ0v) is 16.0. The fourth-order valence-corrected chi connectivity index (χ4v) is 2.60. The van der Waals surface area contributed by atoms with E-state index in [2.05, 4.69) is 32.1 Å². The summed E-state index contributed by atoms with van der Waals surface area (Å²) in [7, 11) is 0. The van der Waals surface area contributed by atoms with Gasteiger partial charge < -0.3 is 10.4 Å². The molecule has 0 aliphatic rings. The SMILES string of the molecule is O=C(CCNC(=O)c1cc(F)ccc1Br)NNC(=O)c1cc(Cl)ccc1O. The molecule has 0 radical (unpaired) electrons. The van der Waals surface area contributed by atoms with Gasteiger partial charge in [0.2, 0.25) is 5.91 Å². The van der Waals surface area contributed by atoms with E-state index in [1.807, 2.05) is 0 Å². The molecule has 2 aromatic carbocycles. The molecule has 2 aromatic rings. The van der Waals surface area contributed by atoms with Gasteiger partial charge in [0, 0.05) is 22.5 Å². The third-order valence-electron chi connectivity index (χ3n) is 3.33. The van der Waals surface area contributed by atoms with Gasteiger partial charge in [0.25, 0.3) is 11.8 Å². The Labute approximate surface area is 167 Å². The summed E-state index contributed by atoms with van der Waals surface area (Å²) in [5.74, 6) is -2.74. The summed E-state index contributed by atoms with van der Waals surface area (Å²) in [6, 6.07) is 7.57. The van der Waals surface area contributed by atoms with Crippen molar-refractivity contribution in [2.75, 3.05) is 6.54 Å². The van der Waals surface area contributed by atoms with Crippen molar-refractivity contribution in [3.05, 3.63) is 62.8 Å². The second-order valence-corrected chi connectivity index (χ2v) is 6.58. The lowest BCUT2D eigenvalue weighted by atomic mass is 10.2. The number of phenolic OH excluding ortho intramolecular Hbond substituents is 1. The zero-order chi connectivity index (χ0) is 20.0. The second-order valence-electron chi connectivity index (χ2n) is 5.29. The van der Waals surface area contributed by atoms with Gasteiger partial charge in [-0.15, -0.1) is 0 Å². The number of hydrazine groups is 1. The topological polar surface area (TPSA) is 108 Å². The van der Waals surface area contributed by atoms with Gasteiger partial charge in [-0.3, -0.25) is 25.2 Å². The van der Waals surface area contributed by atoms with Gasteiger partial charge in [-0.2, -0.15) is 0 Å². The lowest BCUT2D eigenvalue weighted by Crippen LogP contribution is -2.42. The minimum Gasteiger partial charge on any atom is -0.507 e. The molecule has 142 valence electrons. The largest absolute Gasteiger partial charge is 0.507 e. The third-order valence-corrected chi connectivity index (χ3v) is 4.26. The molecular formula is C17H14BrClFN3O4. The number of hydrogen-bond donors (Lipinski definition) is 4. The van der Waals surface area contributed by atoms with E-state index in [1.165, 1.54) is 30.3 Å². The van der Waals surface area contributed by atoms with Crippen LogP contribution in [0.1, 0.15) is 27.1 Å². The smallest absolute Gasteiger partial charge is 0.273 e. The van der Waals surface area contributed by atoms with Crippen molar-refractivity contribution in [2.45, 2.75) is 6.42 Å². The van der Waals surface area contributed by atoms with Gasteiger partial charge in [0.15, 0.2) is 0 Å². The molecular weight excluding hydrogens is 445 g/mol. The highest BCUT2D eigenvalue weighted by atomic mass is 79.9. The summed E-state index contributed by atoms with van der Waals surface area (Å²) >= 11 is 8.89. The first-order chi connectivity index (χ1) is 12.8. The van der Waals surface area contributed by atoms with Gasteiger partial charge in [0.1, 0.15) is 11.6 Å². The number of nitrogens with one attached hydrogen (secondary N) is 3. The molecule has 0 aliphatic heterocycles. The van der Waals surface area contributed by atoms with Crippen molar-refractivity contribution in [2.24, 2.45) is 0 Å². The summed E-state index contributed by atoms with van der Waals surface area (Å²) in [4.78, 5) is 35.6. The van der Waals surface area contributed by atoms with Crippen LogP contribution in [0.2, 0.25) is 5.02 Å². The molecule has 0 aliphatic carbocycles. The average Bonchev–Trinajstić information content (AvgIpc) is 2.63. The second kappa shape index (κ2) is 9.33. The van der Waals surface area contributed by atoms with E-state index in [9.17, 15) is 23.9 Å². The van der Waals surface area contributed by atoms with Gasteiger partial charge in [-0.05, 0) is 52.3 Å². The number of benzene rings is 2. The van der Waals surface area contributed by atoms with Crippen molar-refractivity contribution in [1.29, 1.82) is 0 Å². The number of aromatic hydroxyl groups is 1. The third kappa shape index (κ3) is 5.93. The number of rotatable bonds is 5. The Morgan fingerprint density at radius 1 is 1.04 bits per heavy atom. The molecule has 0 unspecified atom stereocenters. The molecule has 7 nitrogen and oxygen atoms in total. The molecule has 2 rings (SSSR count). The maximum absolute atomic E-state index is 13.2. The van der Waals surface area contributed by atoms with E-state index in [0.29, 0.717) is 4.47 Å². The maximum atomic E-state index is 13.2. The molecule has 27 heavy (non-hydrogen) atoms. The highest BCUT2D eigenvalue weighted by Gasteiger charge is 2.14. The molecule has 4 N–H and O–H groups in total. The van der Waals surface area contributed by atoms with Crippen LogP contribution in [0, 0.1) is 5.82 Å². The van der Waals surface area contributed by atoms with Crippen LogP contribution in [0.3, 0.4) is 0 Å². The van der Waals surface area contributed by atoms with Crippen molar-refractivity contribution >= 4 is 45.3 Å². The molecule has 3 amide bonds. The fourth-order valence-electron chi connectivity index (χ4n) is 2.00. The minimum absolute atomic E-state index is 0.0358. The molecule has 0 saturated heterocycles. The molecule has 0 aromatic heterocycles. The van der Waals surface area contributed by atoms with Crippen molar-refractivity contribution in [1.82, 2.24) is 16.2 Å². The van der Waals surface area contributed by atoms with Gasteiger partial charge in [-0.25, -0.2) is 4.39 Å². The van der Waals surface area contributed by atoms with E-state index in [1.54, 1.807) is 0 Å². The molecule has 0 spiro atoms. The lowest BCUT2D eigenvalue weighted by molar-refractivity contribution is -0.121. The number of phenols is 1. The van der Waals surface area contributed by atoms with E-state index >= 15 is 0 Å². The molecule has 10 heteroatoms. The molecule has 0 heterocycles. The minimum atomic E-state index is -0.754. The first-order valence-corrected chi connectivity index (χ1v) is 8.76. The normalized spacial score (nSPS) is 10.2.